The van der Waals surface area contributed by atoms with Gasteiger partial charge in [-0.3, -0.25) is 4.90 Å². The van der Waals surface area contributed by atoms with Gasteiger partial charge in [0, 0.05) is 46.0 Å². The number of likely N-dealkylation sites (N-methyl/N-ethyl adjacent to an activating group) is 1. The van der Waals surface area contributed by atoms with E-state index >= 15 is 0 Å². The molecular weight excluding hydrogens is 202 g/mol. The van der Waals surface area contributed by atoms with E-state index in [4.69, 9.17) is 5.73 Å². The lowest BCUT2D eigenvalue weighted by molar-refractivity contribution is 0.111. The topological polar surface area (TPSA) is 50.3 Å². The fourth-order valence-corrected chi connectivity index (χ4v) is 2.28. The van der Waals surface area contributed by atoms with E-state index in [-0.39, 0.29) is 0 Å². The summed E-state index contributed by atoms with van der Waals surface area (Å²) in [5.41, 5.74) is 7.12. The molecule has 0 saturated carbocycles. The Hall–Kier alpha value is -0.910. The van der Waals surface area contributed by atoms with Crippen molar-refractivity contribution < 1.29 is 0 Å². The molecule has 90 valence electrons. The van der Waals surface area contributed by atoms with Crippen LogP contribution in [0.5, 0.6) is 0 Å². The first-order valence-corrected chi connectivity index (χ1v) is 5.81. The Bertz CT molecular complexity index is 327. The lowest BCUT2D eigenvalue weighted by Gasteiger charge is -2.37. The molecule has 1 aromatic heterocycles. The normalized spacial score (nSPS) is 21.2. The first kappa shape index (κ1) is 11.6. The SMILES string of the molecule is CN1CCN(C(CN)c2cncn2C)CC1. The minimum Gasteiger partial charge on any atom is -0.336 e. The standard InChI is InChI=1S/C11H21N5/c1-14-3-5-16(6-4-14)10(7-12)11-8-13-9-15(11)2/h8-10H,3-7,12H2,1-2H3. The van der Waals surface area contributed by atoms with E-state index in [2.05, 4.69) is 26.4 Å². The van der Waals surface area contributed by atoms with Crippen LogP contribution in [-0.4, -0.2) is 59.1 Å². The van der Waals surface area contributed by atoms with Crippen molar-refractivity contribution in [3.63, 3.8) is 0 Å². The first-order chi connectivity index (χ1) is 7.72. The molecule has 1 aromatic rings. The molecule has 0 aromatic carbocycles. The summed E-state index contributed by atoms with van der Waals surface area (Å²) in [5, 5.41) is 0. The number of hydrogen-bond donors (Lipinski definition) is 1. The van der Waals surface area contributed by atoms with Crippen LogP contribution in [0, 0.1) is 0 Å². The third-order valence-electron chi connectivity index (χ3n) is 3.40. The third kappa shape index (κ3) is 2.26. The molecular formula is C11H21N5. The predicted molar refractivity (Wildman–Crippen MR) is 64.1 cm³/mol. The molecule has 0 aliphatic carbocycles. The van der Waals surface area contributed by atoms with Gasteiger partial charge in [0.25, 0.3) is 0 Å². The highest BCUT2D eigenvalue weighted by atomic mass is 15.3. The van der Waals surface area contributed by atoms with Crippen molar-refractivity contribution in [2.45, 2.75) is 6.04 Å². The maximum atomic E-state index is 5.90. The van der Waals surface area contributed by atoms with Crippen LogP contribution in [0.15, 0.2) is 12.5 Å². The number of piperazine rings is 1. The van der Waals surface area contributed by atoms with Gasteiger partial charge in [-0.05, 0) is 7.05 Å². The molecule has 16 heavy (non-hydrogen) atoms. The van der Waals surface area contributed by atoms with E-state index < -0.39 is 0 Å². The van der Waals surface area contributed by atoms with E-state index in [1.54, 1.807) is 0 Å². The Morgan fingerprint density at radius 1 is 1.31 bits per heavy atom. The Morgan fingerprint density at radius 3 is 2.50 bits per heavy atom. The van der Waals surface area contributed by atoms with Crippen LogP contribution in [0.2, 0.25) is 0 Å². The van der Waals surface area contributed by atoms with Gasteiger partial charge in [-0.2, -0.15) is 0 Å². The van der Waals surface area contributed by atoms with Gasteiger partial charge in [-0.1, -0.05) is 0 Å². The van der Waals surface area contributed by atoms with Crippen molar-refractivity contribution in [2.24, 2.45) is 12.8 Å². The molecule has 0 radical (unpaired) electrons. The minimum absolute atomic E-state index is 0.307. The van der Waals surface area contributed by atoms with Crippen LogP contribution in [0.4, 0.5) is 0 Å². The molecule has 0 bridgehead atoms. The van der Waals surface area contributed by atoms with Crippen molar-refractivity contribution in [3.8, 4) is 0 Å². The quantitative estimate of drug-likeness (QED) is 0.762. The van der Waals surface area contributed by atoms with E-state index in [0.717, 1.165) is 26.2 Å². The van der Waals surface area contributed by atoms with Crippen molar-refractivity contribution >= 4 is 0 Å². The molecule has 0 amide bonds. The van der Waals surface area contributed by atoms with Crippen molar-refractivity contribution in [1.29, 1.82) is 0 Å². The number of aryl methyl sites for hydroxylation is 1. The lowest BCUT2D eigenvalue weighted by Crippen LogP contribution is -2.47. The zero-order valence-corrected chi connectivity index (χ0v) is 10.1. The Kier molecular flexibility index (Phi) is 3.58. The van der Waals surface area contributed by atoms with Crippen LogP contribution in [0.3, 0.4) is 0 Å². The predicted octanol–water partition coefficient (Wildman–Crippen LogP) is -0.333. The fraction of sp³-hybridized carbons (Fsp3) is 0.727. The largest absolute Gasteiger partial charge is 0.336 e. The number of aromatic nitrogens is 2. The van der Waals surface area contributed by atoms with Gasteiger partial charge in [-0.25, -0.2) is 4.98 Å². The number of hydrogen-bond acceptors (Lipinski definition) is 4. The molecule has 5 nitrogen and oxygen atoms in total. The number of nitrogens with two attached hydrogens (primary N) is 1. The van der Waals surface area contributed by atoms with Gasteiger partial charge in [0.05, 0.1) is 18.1 Å². The maximum Gasteiger partial charge on any atom is 0.0946 e. The Labute approximate surface area is 96.8 Å². The second-order valence-electron chi connectivity index (χ2n) is 4.52. The van der Waals surface area contributed by atoms with Crippen molar-refractivity contribution in [3.05, 3.63) is 18.2 Å². The minimum atomic E-state index is 0.307. The average molecular weight is 223 g/mol. The highest BCUT2D eigenvalue weighted by Crippen LogP contribution is 2.19. The molecule has 2 rings (SSSR count). The molecule has 1 aliphatic heterocycles. The second kappa shape index (κ2) is 4.95. The van der Waals surface area contributed by atoms with Crippen LogP contribution < -0.4 is 5.73 Å². The second-order valence-corrected chi connectivity index (χ2v) is 4.52. The monoisotopic (exact) mass is 223 g/mol. The Balaban J connectivity index is 2.08. The summed E-state index contributed by atoms with van der Waals surface area (Å²) in [5.74, 6) is 0. The summed E-state index contributed by atoms with van der Waals surface area (Å²) in [6.45, 7) is 5.07. The molecule has 1 atom stereocenters. The molecule has 1 fully saturated rings. The number of nitrogens with zero attached hydrogens (tertiary/aromatic N) is 4. The molecule has 2 heterocycles. The number of imidazole rings is 1. The summed E-state index contributed by atoms with van der Waals surface area (Å²) < 4.78 is 2.07. The molecule has 5 heteroatoms. The summed E-state index contributed by atoms with van der Waals surface area (Å²) in [6.07, 6.45) is 3.77. The first-order valence-electron chi connectivity index (χ1n) is 5.81. The van der Waals surface area contributed by atoms with Crippen molar-refractivity contribution in [2.75, 3.05) is 39.8 Å². The summed E-state index contributed by atoms with van der Waals surface area (Å²) in [4.78, 5) is 8.98. The average Bonchev–Trinajstić information content (AvgIpc) is 2.69. The highest BCUT2D eigenvalue weighted by Gasteiger charge is 2.24. The zero-order valence-electron chi connectivity index (χ0n) is 10.1. The van der Waals surface area contributed by atoms with Crippen molar-refractivity contribution in [1.82, 2.24) is 19.4 Å². The van der Waals surface area contributed by atoms with E-state index in [0.29, 0.717) is 12.6 Å². The van der Waals surface area contributed by atoms with Gasteiger partial charge in [-0.15, -0.1) is 0 Å². The molecule has 1 saturated heterocycles. The van der Waals surface area contributed by atoms with Crippen LogP contribution in [0.1, 0.15) is 11.7 Å². The van der Waals surface area contributed by atoms with Gasteiger partial charge >= 0.3 is 0 Å². The van der Waals surface area contributed by atoms with E-state index in [9.17, 15) is 0 Å². The van der Waals surface area contributed by atoms with Gasteiger partial charge in [0.1, 0.15) is 0 Å². The summed E-state index contributed by atoms with van der Waals surface area (Å²) in [7, 11) is 4.19. The molecule has 2 N–H and O–H groups in total. The number of rotatable bonds is 3. The van der Waals surface area contributed by atoms with Gasteiger partial charge in [0.15, 0.2) is 0 Å². The Morgan fingerprint density at radius 2 is 2.00 bits per heavy atom. The summed E-state index contributed by atoms with van der Waals surface area (Å²) in [6, 6.07) is 0.307. The molecule has 1 unspecified atom stereocenters. The lowest BCUT2D eigenvalue weighted by atomic mass is 10.1. The fourth-order valence-electron chi connectivity index (χ4n) is 2.28. The van der Waals surface area contributed by atoms with Gasteiger partial charge in [0.2, 0.25) is 0 Å². The van der Waals surface area contributed by atoms with Crippen LogP contribution >= 0.6 is 0 Å². The molecule has 1 aliphatic rings. The molecule has 0 spiro atoms. The third-order valence-corrected chi connectivity index (χ3v) is 3.40. The van der Waals surface area contributed by atoms with E-state index in [1.165, 1.54) is 5.69 Å². The van der Waals surface area contributed by atoms with E-state index in [1.807, 2.05) is 19.6 Å². The highest BCUT2D eigenvalue weighted by molar-refractivity contribution is 5.06. The maximum absolute atomic E-state index is 5.90. The van der Waals surface area contributed by atoms with Crippen LogP contribution in [0.25, 0.3) is 0 Å². The smallest absolute Gasteiger partial charge is 0.0946 e. The van der Waals surface area contributed by atoms with Gasteiger partial charge < -0.3 is 15.2 Å². The summed E-state index contributed by atoms with van der Waals surface area (Å²) >= 11 is 0. The zero-order chi connectivity index (χ0) is 11.5. The van der Waals surface area contributed by atoms with Crippen LogP contribution in [-0.2, 0) is 7.05 Å².